The second-order valence-corrected chi connectivity index (χ2v) is 6.77. The maximum Gasteiger partial charge on any atom is 0.267 e. The lowest BCUT2D eigenvalue weighted by Crippen LogP contribution is -2.33. The van der Waals surface area contributed by atoms with Crippen molar-refractivity contribution in [2.75, 3.05) is 12.3 Å². The van der Waals surface area contributed by atoms with Gasteiger partial charge in [-0.3, -0.25) is 14.5 Å². The van der Waals surface area contributed by atoms with E-state index in [0.29, 0.717) is 23.4 Å². The van der Waals surface area contributed by atoms with Gasteiger partial charge in [-0.15, -0.1) is 11.8 Å². The summed E-state index contributed by atoms with van der Waals surface area (Å²) in [6, 6.07) is 19.4. The number of hydrogen-bond donors (Lipinski definition) is 0. The number of nitrogens with zero attached hydrogens (tertiary/aromatic N) is 1. The molecule has 0 unspecified atom stereocenters. The van der Waals surface area contributed by atoms with Gasteiger partial charge in [0.2, 0.25) is 0 Å². The first-order chi connectivity index (χ1) is 11.7. The zero-order valence-corrected chi connectivity index (χ0v) is 14.4. The van der Waals surface area contributed by atoms with E-state index in [1.54, 1.807) is 0 Å². The third-order valence-electron chi connectivity index (χ3n) is 3.94. The Kier molecular flexibility index (Phi) is 5.16. The van der Waals surface area contributed by atoms with Crippen molar-refractivity contribution in [2.45, 2.75) is 13.3 Å². The minimum Gasteiger partial charge on any atom is -0.274 e. The standard InChI is InChI=1S/C20H19NO2S/c1-2-24-18-17(16-11-7-4-8-12-16)19(22)21(20(18)23)14-13-15-9-5-3-6-10-15/h3-12H,2,13-14H2,1H3. The molecule has 0 saturated carbocycles. The second kappa shape index (κ2) is 7.49. The molecular weight excluding hydrogens is 318 g/mol. The van der Waals surface area contributed by atoms with E-state index in [1.807, 2.05) is 67.6 Å². The van der Waals surface area contributed by atoms with Crippen LogP contribution in [-0.2, 0) is 16.0 Å². The molecule has 4 heteroatoms. The van der Waals surface area contributed by atoms with Gasteiger partial charge in [-0.25, -0.2) is 0 Å². The number of benzene rings is 2. The molecule has 3 rings (SSSR count). The van der Waals surface area contributed by atoms with Crippen LogP contribution in [0.3, 0.4) is 0 Å². The zero-order valence-electron chi connectivity index (χ0n) is 13.6. The van der Waals surface area contributed by atoms with Crippen LogP contribution in [0.15, 0.2) is 65.6 Å². The molecule has 1 heterocycles. The Morgan fingerprint density at radius 2 is 1.50 bits per heavy atom. The summed E-state index contributed by atoms with van der Waals surface area (Å²) in [5.74, 6) is 0.414. The molecular formula is C20H19NO2S. The molecule has 0 atom stereocenters. The SMILES string of the molecule is CCSC1=C(c2ccccc2)C(=O)N(CCc2ccccc2)C1=O. The zero-order chi connectivity index (χ0) is 16.9. The largest absolute Gasteiger partial charge is 0.274 e. The molecule has 0 aliphatic carbocycles. The van der Waals surface area contributed by atoms with Crippen LogP contribution in [0.5, 0.6) is 0 Å². The summed E-state index contributed by atoms with van der Waals surface area (Å²) in [4.78, 5) is 27.5. The Labute approximate surface area is 146 Å². The second-order valence-electron chi connectivity index (χ2n) is 5.50. The van der Waals surface area contributed by atoms with Gasteiger partial charge in [0, 0.05) is 6.54 Å². The highest BCUT2D eigenvalue weighted by molar-refractivity contribution is 8.04. The number of thioether (sulfide) groups is 1. The monoisotopic (exact) mass is 337 g/mol. The highest BCUT2D eigenvalue weighted by Crippen LogP contribution is 2.35. The van der Waals surface area contributed by atoms with Crippen molar-refractivity contribution in [3.05, 3.63) is 76.7 Å². The number of amides is 2. The molecule has 0 radical (unpaired) electrons. The molecule has 1 aliphatic heterocycles. The summed E-state index contributed by atoms with van der Waals surface area (Å²) in [7, 11) is 0. The van der Waals surface area contributed by atoms with Gasteiger partial charge in [-0.2, -0.15) is 0 Å². The Morgan fingerprint density at radius 3 is 2.12 bits per heavy atom. The van der Waals surface area contributed by atoms with Gasteiger partial charge in [0.1, 0.15) is 0 Å². The third-order valence-corrected chi connectivity index (χ3v) is 4.90. The van der Waals surface area contributed by atoms with Crippen LogP contribution in [0, 0.1) is 0 Å². The normalized spacial score (nSPS) is 14.6. The average Bonchev–Trinajstić information content (AvgIpc) is 2.85. The van der Waals surface area contributed by atoms with Crippen LogP contribution in [0.2, 0.25) is 0 Å². The number of hydrogen-bond acceptors (Lipinski definition) is 3. The molecule has 3 nitrogen and oxygen atoms in total. The first kappa shape index (κ1) is 16.5. The lowest BCUT2D eigenvalue weighted by molar-refractivity contribution is -0.136. The van der Waals surface area contributed by atoms with E-state index >= 15 is 0 Å². The van der Waals surface area contributed by atoms with Gasteiger partial charge in [0.25, 0.3) is 11.8 Å². The fraction of sp³-hybridized carbons (Fsp3) is 0.200. The van der Waals surface area contributed by atoms with E-state index in [1.165, 1.54) is 16.7 Å². The summed E-state index contributed by atoms with van der Waals surface area (Å²) in [6.45, 7) is 2.40. The van der Waals surface area contributed by atoms with Crippen molar-refractivity contribution in [1.29, 1.82) is 0 Å². The molecule has 2 aromatic carbocycles. The molecule has 2 amide bonds. The predicted molar refractivity (Wildman–Crippen MR) is 98.4 cm³/mol. The highest BCUT2D eigenvalue weighted by Gasteiger charge is 2.38. The third kappa shape index (κ3) is 3.29. The van der Waals surface area contributed by atoms with Gasteiger partial charge in [0.15, 0.2) is 0 Å². The molecule has 122 valence electrons. The maximum absolute atomic E-state index is 12.9. The Morgan fingerprint density at radius 1 is 0.875 bits per heavy atom. The molecule has 2 aromatic rings. The highest BCUT2D eigenvalue weighted by atomic mass is 32.2. The lowest BCUT2D eigenvalue weighted by atomic mass is 10.1. The van der Waals surface area contributed by atoms with Gasteiger partial charge in [-0.1, -0.05) is 67.6 Å². The van der Waals surface area contributed by atoms with Gasteiger partial charge in [-0.05, 0) is 23.3 Å². The van der Waals surface area contributed by atoms with Gasteiger partial charge in [0.05, 0.1) is 10.5 Å². The molecule has 0 bridgehead atoms. The quantitative estimate of drug-likeness (QED) is 0.753. The Bertz CT molecular complexity index is 769. The summed E-state index contributed by atoms with van der Waals surface area (Å²) in [5.41, 5.74) is 2.48. The van der Waals surface area contributed by atoms with Crippen LogP contribution in [0.4, 0.5) is 0 Å². The van der Waals surface area contributed by atoms with Crippen molar-refractivity contribution in [3.63, 3.8) is 0 Å². The average molecular weight is 337 g/mol. The molecule has 0 fully saturated rings. The fourth-order valence-electron chi connectivity index (χ4n) is 2.78. The number of carbonyl (C=O) groups excluding carboxylic acids is 2. The number of rotatable bonds is 6. The van der Waals surface area contributed by atoms with Crippen molar-refractivity contribution >= 4 is 29.1 Å². The van der Waals surface area contributed by atoms with Crippen LogP contribution < -0.4 is 0 Å². The van der Waals surface area contributed by atoms with E-state index in [2.05, 4.69) is 0 Å². The predicted octanol–water partition coefficient (Wildman–Crippen LogP) is 3.76. The fourth-order valence-corrected chi connectivity index (χ4v) is 3.65. The molecule has 1 aliphatic rings. The van der Waals surface area contributed by atoms with Crippen molar-refractivity contribution in [2.24, 2.45) is 0 Å². The summed E-state index contributed by atoms with van der Waals surface area (Å²) < 4.78 is 0. The van der Waals surface area contributed by atoms with Crippen LogP contribution in [-0.4, -0.2) is 29.0 Å². The molecule has 0 N–H and O–H groups in total. The van der Waals surface area contributed by atoms with E-state index in [9.17, 15) is 9.59 Å². The molecule has 0 spiro atoms. The van der Waals surface area contributed by atoms with Crippen LogP contribution >= 0.6 is 11.8 Å². The van der Waals surface area contributed by atoms with Gasteiger partial charge < -0.3 is 0 Å². The minimum atomic E-state index is -0.182. The molecule has 24 heavy (non-hydrogen) atoms. The van der Waals surface area contributed by atoms with E-state index < -0.39 is 0 Å². The van der Waals surface area contributed by atoms with Gasteiger partial charge >= 0.3 is 0 Å². The summed E-state index contributed by atoms with van der Waals surface area (Å²) in [5, 5.41) is 0. The van der Waals surface area contributed by atoms with Crippen LogP contribution in [0.1, 0.15) is 18.1 Å². The molecule has 0 aromatic heterocycles. The van der Waals surface area contributed by atoms with Crippen molar-refractivity contribution in [1.82, 2.24) is 4.90 Å². The number of imide groups is 1. The topological polar surface area (TPSA) is 37.4 Å². The Hall–Kier alpha value is -2.33. The maximum atomic E-state index is 12.9. The Balaban J connectivity index is 1.85. The minimum absolute atomic E-state index is 0.165. The van der Waals surface area contributed by atoms with Crippen molar-refractivity contribution < 1.29 is 9.59 Å². The summed E-state index contributed by atoms with van der Waals surface area (Å²) in [6.07, 6.45) is 0.671. The summed E-state index contributed by atoms with van der Waals surface area (Å²) >= 11 is 1.45. The number of carbonyl (C=O) groups is 2. The van der Waals surface area contributed by atoms with E-state index in [0.717, 1.165) is 16.9 Å². The van der Waals surface area contributed by atoms with E-state index in [-0.39, 0.29) is 11.8 Å². The first-order valence-corrected chi connectivity index (χ1v) is 9.03. The first-order valence-electron chi connectivity index (χ1n) is 8.05. The van der Waals surface area contributed by atoms with E-state index in [4.69, 9.17) is 0 Å². The lowest BCUT2D eigenvalue weighted by Gasteiger charge is -2.15. The molecule has 0 saturated heterocycles. The van der Waals surface area contributed by atoms with Crippen LogP contribution in [0.25, 0.3) is 5.57 Å². The smallest absolute Gasteiger partial charge is 0.267 e. The van der Waals surface area contributed by atoms with Crippen molar-refractivity contribution in [3.8, 4) is 0 Å².